The number of unbranched alkanes of at least 4 members (excludes halogenated alkanes) is 1. The van der Waals surface area contributed by atoms with Gasteiger partial charge in [-0.1, -0.05) is 31.5 Å². The van der Waals surface area contributed by atoms with Crippen molar-refractivity contribution in [2.45, 2.75) is 32.7 Å². The number of para-hydroxylation sites is 1. The van der Waals surface area contributed by atoms with Crippen molar-refractivity contribution in [2.24, 2.45) is 0 Å². The molecule has 0 saturated heterocycles. The molecule has 7 nitrogen and oxygen atoms in total. The van der Waals surface area contributed by atoms with Crippen molar-refractivity contribution >= 4 is 33.2 Å². The largest absolute Gasteiger partial charge is 0.352 e. The van der Waals surface area contributed by atoms with Crippen molar-refractivity contribution in [3.63, 3.8) is 0 Å². The van der Waals surface area contributed by atoms with E-state index in [9.17, 15) is 22.4 Å². The minimum Gasteiger partial charge on any atom is -0.352 e. The number of rotatable bonds is 9. The predicted octanol–water partition coefficient (Wildman–Crippen LogP) is 3.15. The standard InChI is InChI=1S/C21H26FN3O4S/c1-4-5-13-23-21(27)18-11-6-7-12-19(18)24-20(26)15(2)25(30(3,28)29)17-10-8-9-16(22)14-17/h6-12,14-15H,4-5,13H2,1-3H3,(H,23,27)(H,24,26)/t15-/m0/s1. The van der Waals surface area contributed by atoms with Crippen molar-refractivity contribution < 1.29 is 22.4 Å². The summed E-state index contributed by atoms with van der Waals surface area (Å²) >= 11 is 0. The van der Waals surface area contributed by atoms with E-state index in [1.807, 2.05) is 6.92 Å². The fraction of sp³-hybridized carbons (Fsp3) is 0.333. The summed E-state index contributed by atoms with van der Waals surface area (Å²) in [4.78, 5) is 25.3. The number of nitrogens with one attached hydrogen (secondary N) is 2. The summed E-state index contributed by atoms with van der Waals surface area (Å²) in [5, 5.41) is 5.40. The third-order valence-corrected chi connectivity index (χ3v) is 5.64. The molecule has 0 radical (unpaired) electrons. The van der Waals surface area contributed by atoms with Crippen LogP contribution < -0.4 is 14.9 Å². The summed E-state index contributed by atoms with van der Waals surface area (Å²) in [6.07, 6.45) is 2.70. The minimum absolute atomic E-state index is 0.0331. The Morgan fingerprint density at radius 2 is 1.83 bits per heavy atom. The van der Waals surface area contributed by atoms with Crippen LogP contribution >= 0.6 is 0 Å². The molecule has 0 bridgehead atoms. The van der Waals surface area contributed by atoms with Crippen LogP contribution in [0.15, 0.2) is 48.5 Å². The molecule has 0 aliphatic carbocycles. The van der Waals surface area contributed by atoms with Gasteiger partial charge < -0.3 is 10.6 Å². The summed E-state index contributed by atoms with van der Waals surface area (Å²) in [6.45, 7) is 3.91. The van der Waals surface area contributed by atoms with Crippen LogP contribution in [0.4, 0.5) is 15.8 Å². The van der Waals surface area contributed by atoms with Gasteiger partial charge in [-0.3, -0.25) is 13.9 Å². The topological polar surface area (TPSA) is 95.6 Å². The van der Waals surface area contributed by atoms with Crippen LogP contribution in [0.1, 0.15) is 37.0 Å². The van der Waals surface area contributed by atoms with Gasteiger partial charge in [0.2, 0.25) is 15.9 Å². The lowest BCUT2D eigenvalue weighted by Gasteiger charge is -2.28. The number of hydrogen-bond acceptors (Lipinski definition) is 4. The smallest absolute Gasteiger partial charge is 0.253 e. The Morgan fingerprint density at radius 1 is 1.13 bits per heavy atom. The van der Waals surface area contributed by atoms with Crippen LogP contribution in [-0.4, -0.2) is 39.1 Å². The van der Waals surface area contributed by atoms with Crippen LogP contribution in [0, 0.1) is 5.82 Å². The van der Waals surface area contributed by atoms with E-state index in [1.165, 1.54) is 25.1 Å². The second kappa shape index (κ2) is 10.2. The number of carbonyl (C=O) groups is 2. The van der Waals surface area contributed by atoms with E-state index in [0.717, 1.165) is 29.5 Å². The molecule has 2 amide bonds. The molecule has 2 aromatic carbocycles. The number of halogens is 1. The molecular formula is C21H26FN3O4S. The molecule has 0 aromatic heterocycles. The maximum atomic E-state index is 13.6. The summed E-state index contributed by atoms with van der Waals surface area (Å²) in [5.74, 6) is -1.61. The number of anilines is 2. The molecule has 2 N–H and O–H groups in total. The molecule has 9 heteroatoms. The Kier molecular flexibility index (Phi) is 7.93. The van der Waals surface area contributed by atoms with Crippen molar-refractivity contribution in [1.82, 2.24) is 5.32 Å². The maximum Gasteiger partial charge on any atom is 0.253 e. The van der Waals surface area contributed by atoms with Gasteiger partial charge in [0.05, 0.1) is 23.2 Å². The lowest BCUT2D eigenvalue weighted by atomic mass is 10.1. The van der Waals surface area contributed by atoms with Crippen molar-refractivity contribution in [1.29, 1.82) is 0 Å². The van der Waals surface area contributed by atoms with Crippen LogP contribution in [0.25, 0.3) is 0 Å². The van der Waals surface area contributed by atoms with E-state index in [1.54, 1.807) is 24.3 Å². The quantitative estimate of drug-likeness (QED) is 0.592. The number of sulfonamides is 1. The van der Waals surface area contributed by atoms with Gasteiger partial charge in [0.15, 0.2) is 0 Å². The Labute approximate surface area is 176 Å². The molecular weight excluding hydrogens is 409 g/mol. The predicted molar refractivity (Wildman–Crippen MR) is 115 cm³/mol. The fourth-order valence-corrected chi connectivity index (χ4v) is 4.09. The van der Waals surface area contributed by atoms with Crippen LogP contribution in [0.2, 0.25) is 0 Å². The molecule has 0 unspecified atom stereocenters. The fourth-order valence-electron chi connectivity index (χ4n) is 2.92. The van der Waals surface area contributed by atoms with Gasteiger partial charge in [-0.25, -0.2) is 12.8 Å². The molecule has 0 aliphatic rings. The highest BCUT2D eigenvalue weighted by Gasteiger charge is 2.30. The number of amides is 2. The van der Waals surface area contributed by atoms with Gasteiger partial charge in [-0.2, -0.15) is 0 Å². The molecule has 0 spiro atoms. The van der Waals surface area contributed by atoms with Gasteiger partial charge >= 0.3 is 0 Å². The highest BCUT2D eigenvalue weighted by atomic mass is 32.2. The van der Waals surface area contributed by atoms with E-state index in [2.05, 4.69) is 10.6 Å². The first-order valence-corrected chi connectivity index (χ1v) is 11.4. The molecule has 2 rings (SSSR count). The first kappa shape index (κ1) is 23.3. The Morgan fingerprint density at radius 3 is 2.47 bits per heavy atom. The van der Waals surface area contributed by atoms with Gasteiger partial charge in [0.1, 0.15) is 11.9 Å². The molecule has 0 aliphatic heterocycles. The van der Waals surface area contributed by atoms with Crippen LogP contribution in [0.5, 0.6) is 0 Å². The lowest BCUT2D eigenvalue weighted by Crippen LogP contribution is -2.45. The van der Waals surface area contributed by atoms with Gasteiger partial charge in [-0.15, -0.1) is 0 Å². The number of carbonyl (C=O) groups excluding carboxylic acids is 2. The zero-order chi connectivity index (χ0) is 22.3. The molecule has 30 heavy (non-hydrogen) atoms. The first-order valence-electron chi connectivity index (χ1n) is 9.58. The van der Waals surface area contributed by atoms with Gasteiger partial charge in [-0.05, 0) is 43.7 Å². The summed E-state index contributed by atoms with van der Waals surface area (Å²) in [7, 11) is -3.89. The molecule has 162 valence electrons. The zero-order valence-corrected chi connectivity index (χ0v) is 18.0. The molecule has 0 heterocycles. The summed E-state index contributed by atoms with van der Waals surface area (Å²) in [6, 6.07) is 10.3. The van der Waals surface area contributed by atoms with Crippen LogP contribution in [-0.2, 0) is 14.8 Å². The van der Waals surface area contributed by atoms with Gasteiger partial charge in [0.25, 0.3) is 5.91 Å². The molecule has 1 atom stereocenters. The van der Waals surface area contributed by atoms with E-state index in [4.69, 9.17) is 0 Å². The summed E-state index contributed by atoms with van der Waals surface area (Å²) in [5.41, 5.74) is 0.563. The first-order chi connectivity index (χ1) is 14.1. The monoisotopic (exact) mass is 435 g/mol. The number of benzene rings is 2. The third kappa shape index (κ3) is 6.03. The average Bonchev–Trinajstić information content (AvgIpc) is 2.67. The molecule has 2 aromatic rings. The van der Waals surface area contributed by atoms with E-state index < -0.39 is 27.8 Å². The van der Waals surface area contributed by atoms with E-state index in [0.29, 0.717) is 6.54 Å². The minimum atomic E-state index is -3.89. The second-order valence-electron chi connectivity index (χ2n) is 6.86. The Bertz CT molecular complexity index is 1010. The third-order valence-electron chi connectivity index (χ3n) is 4.40. The Hall–Kier alpha value is -2.94. The Balaban J connectivity index is 2.27. The molecule has 0 fully saturated rings. The van der Waals surface area contributed by atoms with Crippen molar-refractivity contribution in [3.8, 4) is 0 Å². The number of hydrogen-bond donors (Lipinski definition) is 2. The van der Waals surface area contributed by atoms with Gasteiger partial charge in [0, 0.05) is 6.54 Å². The normalized spacial score (nSPS) is 12.1. The zero-order valence-electron chi connectivity index (χ0n) is 17.2. The average molecular weight is 436 g/mol. The lowest BCUT2D eigenvalue weighted by molar-refractivity contribution is -0.116. The van der Waals surface area contributed by atoms with E-state index in [-0.39, 0.29) is 22.8 Å². The SMILES string of the molecule is CCCCNC(=O)c1ccccc1NC(=O)[C@H](C)N(c1cccc(F)c1)S(C)(=O)=O. The number of nitrogens with zero attached hydrogens (tertiary/aromatic N) is 1. The second-order valence-corrected chi connectivity index (χ2v) is 8.72. The summed E-state index contributed by atoms with van der Waals surface area (Å²) < 4.78 is 39.1. The molecule has 0 saturated carbocycles. The highest BCUT2D eigenvalue weighted by Crippen LogP contribution is 2.23. The van der Waals surface area contributed by atoms with Crippen LogP contribution in [0.3, 0.4) is 0 Å². The highest BCUT2D eigenvalue weighted by molar-refractivity contribution is 7.92. The van der Waals surface area contributed by atoms with E-state index >= 15 is 0 Å². The van der Waals surface area contributed by atoms with Crippen molar-refractivity contribution in [3.05, 3.63) is 59.9 Å². The van der Waals surface area contributed by atoms with Crippen molar-refractivity contribution in [2.75, 3.05) is 22.4 Å². The maximum absolute atomic E-state index is 13.6.